The van der Waals surface area contributed by atoms with E-state index >= 15 is 0 Å². The molecule has 0 saturated carbocycles. The molecule has 0 fully saturated rings. The van der Waals surface area contributed by atoms with Crippen molar-refractivity contribution in [2.75, 3.05) is 41.0 Å². The predicted octanol–water partition coefficient (Wildman–Crippen LogP) is 12.6. The van der Waals surface area contributed by atoms with Gasteiger partial charge in [-0.3, -0.25) is 9.59 Å². The number of unbranched alkanes of at least 4 members (excludes halogenated alkanes) is 22. The molecule has 348 valence electrons. The van der Waals surface area contributed by atoms with Crippen LogP contribution in [0.4, 0.5) is 0 Å². The zero-order valence-corrected chi connectivity index (χ0v) is 39.6. The topological polar surface area (TPSA) is 102 Å². The van der Waals surface area contributed by atoms with Gasteiger partial charge in [-0.15, -0.1) is 0 Å². The van der Waals surface area contributed by atoms with Crippen LogP contribution in [0.2, 0.25) is 0 Å². The first kappa shape index (κ1) is 57.3. The van der Waals surface area contributed by atoms with Crippen LogP contribution < -0.4 is 5.11 Å². The lowest BCUT2D eigenvalue weighted by Crippen LogP contribution is -2.55. The summed E-state index contributed by atoms with van der Waals surface area (Å²) in [6.07, 6.45) is 51.3. The fourth-order valence-electron chi connectivity index (χ4n) is 7.18. The number of nitrogens with zero attached hydrogens (tertiary/aromatic N) is 1. The summed E-state index contributed by atoms with van der Waals surface area (Å²) in [6, 6.07) is -0.726. The van der Waals surface area contributed by atoms with Crippen LogP contribution in [0, 0.1) is 0 Å². The lowest BCUT2D eigenvalue weighted by Gasteiger charge is -2.34. The molecule has 8 heteroatoms. The van der Waals surface area contributed by atoms with Crippen molar-refractivity contribution >= 4 is 17.9 Å². The quantitative estimate of drug-likeness (QED) is 0.0260. The molecule has 0 rings (SSSR count). The number of rotatable bonds is 44. The number of hydrogen-bond donors (Lipinski definition) is 0. The van der Waals surface area contributed by atoms with Crippen molar-refractivity contribution in [1.82, 2.24) is 0 Å². The third kappa shape index (κ3) is 40.7. The highest BCUT2D eigenvalue weighted by atomic mass is 16.6. The average Bonchev–Trinajstić information content (AvgIpc) is 3.21. The van der Waals surface area contributed by atoms with Crippen LogP contribution in [0.15, 0.2) is 48.6 Å². The standard InChI is InChI=1S/C52H93NO7/c1-6-8-10-12-14-16-18-20-22-23-24-25-26-27-28-29-31-32-34-36-38-40-42-50(54)59-47-48(46-58-45-44-49(52(56)57)53(3,4)5)60-51(55)43-41-39-37-35-33-30-21-19-17-15-13-11-9-7-2/h8,10,14,16,20,22,24-25,48-49H,6-7,9,11-13,15,17-19,21,23,26-47H2,1-5H3/b10-8+,16-14+,22-20+,25-24+. The lowest BCUT2D eigenvalue weighted by molar-refractivity contribution is -0.889. The van der Waals surface area contributed by atoms with Gasteiger partial charge in [-0.2, -0.15) is 0 Å². The third-order valence-corrected chi connectivity index (χ3v) is 11.0. The molecule has 0 heterocycles. The molecule has 0 aromatic rings. The van der Waals surface area contributed by atoms with Crippen LogP contribution in [0.3, 0.4) is 0 Å². The number of carbonyl (C=O) groups excluding carboxylic acids is 3. The molecule has 0 aliphatic carbocycles. The first-order valence-electron chi connectivity index (χ1n) is 24.7. The van der Waals surface area contributed by atoms with Gasteiger partial charge in [0.2, 0.25) is 0 Å². The second kappa shape index (κ2) is 43.0. The van der Waals surface area contributed by atoms with Crippen molar-refractivity contribution in [1.29, 1.82) is 0 Å². The van der Waals surface area contributed by atoms with E-state index in [1.165, 1.54) is 109 Å². The van der Waals surface area contributed by atoms with E-state index in [0.717, 1.165) is 70.6 Å². The van der Waals surface area contributed by atoms with Gasteiger partial charge < -0.3 is 28.6 Å². The van der Waals surface area contributed by atoms with Crippen molar-refractivity contribution < 1.29 is 38.2 Å². The molecular weight excluding hydrogens is 751 g/mol. The van der Waals surface area contributed by atoms with Crippen LogP contribution in [-0.4, -0.2) is 75.5 Å². The van der Waals surface area contributed by atoms with Gasteiger partial charge in [-0.25, -0.2) is 0 Å². The Bertz CT molecular complexity index is 1120. The van der Waals surface area contributed by atoms with Crippen LogP contribution in [0.25, 0.3) is 0 Å². The van der Waals surface area contributed by atoms with Gasteiger partial charge >= 0.3 is 11.9 Å². The van der Waals surface area contributed by atoms with Crippen molar-refractivity contribution in [3.8, 4) is 0 Å². The Morgan fingerprint density at radius 1 is 0.517 bits per heavy atom. The van der Waals surface area contributed by atoms with Crippen LogP contribution in [0.1, 0.15) is 213 Å². The summed E-state index contributed by atoms with van der Waals surface area (Å²) in [7, 11) is 5.41. The summed E-state index contributed by atoms with van der Waals surface area (Å²) < 4.78 is 17.2. The molecule has 0 aliphatic rings. The minimum absolute atomic E-state index is 0.0408. The van der Waals surface area contributed by atoms with Crippen molar-refractivity contribution in [3.05, 3.63) is 48.6 Å². The highest BCUT2D eigenvalue weighted by molar-refractivity contribution is 5.70. The molecule has 0 N–H and O–H groups in total. The number of carboxylic acid groups (broad SMARTS) is 1. The number of aliphatic carboxylic acids is 1. The Morgan fingerprint density at radius 2 is 0.933 bits per heavy atom. The molecule has 0 amide bonds. The Morgan fingerprint density at radius 3 is 1.38 bits per heavy atom. The van der Waals surface area contributed by atoms with E-state index in [1.54, 1.807) is 21.1 Å². The van der Waals surface area contributed by atoms with E-state index in [1.807, 2.05) is 0 Å². The van der Waals surface area contributed by atoms with Crippen LogP contribution in [0.5, 0.6) is 0 Å². The fourth-order valence-corrected chi connectivity index (χ4v) is 7.18. The second-order valence-corrected chi connectivity index (χ2v) is 17.7. The molecule has 0 saturated heterocycles. The van der Waals surface area contributed by atoms with E-state index in [4.69, 9.17) is 14.2 Å². The van der Waals surface area contributed by atoms with Crippen molar-refractivity contribution in [3.63, 3.8) is 0 Å². The Hall–Kier alpha value is -2.71. The van der Waals surface area contributed by atoms with Gasteiger partial charge in [0.05, 0.1) is 40.3 Å². The number of esters is 2. The first-order valence-corrected chi connectivity index (χ1v) is 24.7. The van der Waals surface area contributed by atoms with Gasteiger partial charge in [-0.05, 0) is 51.4 Å². The molecular formula is C52H93NO7. The van der Waals surface area contributed by atoms with Gasteiger partial charge in [-0.1, -0.05) is 191 Å². The molecule has 2 unspecified atom stereocenters. The summed E-state index contributed by atoms with van der Waals surface area (Å²) in [5, 5.41) is 11.6. The highest BCUT2D eigenvalue weighted by Gasteiger charge is 2.25. The summed E-state index contributed by atoms with van der Waals surface area (Å²) in [5.74, 6) is -1.73. The maximum absolute atomic E-state index is 12.7. The summed E-state index contributed by atoms with van der Waals surface area (Å²) in [5.41, 5.74) is 0. The van der Waals surface area contributed by atoms with E-state index in [0.29, 0.717) is 12.8 Å². The van der Waals surface area contributed by atoms with Crippen LogP contribution >= 0.6 is 0 Å². The van der Waals surface area contributed by atoms with Crippen molar-refractivity contribution in [2.45, 2.75) is 225 Å². The summed E-state index contributed by atoms with van der Waals surface area (Å²) in [6.45, 7) is 4.56. The molecule has 0 aromatic carbocycles. The minimum Gasteiger partial charge on any atom is -0.544 e. The third-order valence-electron chi connectivity index (χ3n) is 11.0. The van der Waals surface area contributed by atoms with E-state index in [2.05, 4.69) is 62.5 Å². The molecule has 60 heavy (non-hydrogen) atoms. The van der Waals surface area contributed by atoms with Gasteiger partial charge in [0.1, 0.15) is 12.6 Å². The molecule has 0 aliphatic heterocycles. The number of hydrogen-bond acceptors (Lipinski definition) is 7. The normalized spacial score (nSPS) is 13.3. The fraction of sp³-hybridized carbons (Fsp3) is 0.788. The predicted molar refractivity (Wildman–Crippen MR) is 250 cm³/mol. The van der Waals surface area contributed by atoms with Crippen LogP contribution in [-0.2, 0) is 28.6 Å². The molecule has 2 atom stereocenters. The number of quaternary nitrogens is 1. The number of allylic oxidation sites excluding steroid dienone is 8. The van der Waals surface area contributed by atoms with E-state index < -0.39 is 18.1 Å². The molecule has 0 aromatic heterocycles. The van der Waals surface area contributed by atoms with E-state index in [-0.39, 0.29) is 42.7 Å². The maximum Gasteiger partial charge on any atom is 0.306 e. The zero-order chi connectivity index (χ0) is 44.2. The molecule has 0 radical (unpaired) electrons. The first-order chi connectivity index (χ1) is 29.1. The van der Waals surface area contributed by atoms with Gasteiger partial charge in [0, 0.05) is 19.3 Å². The summed E-state index contributed by atoms with van der Waals surface area (Å²) >= 11 is 0. The Labute approximate surface area is 369 Å². The number of carbonyl (C=O) groups is 3. The molecule has 0 spiro atoms. The lowest BCUT2D eigenvalue weighted by atomic mass is 10.0. The highest BCUT2D eigenvalue weighted by Crippen LogP contribution is 2.15. The monoisotopic (exact) mass is 844 g/mol. The SMILES string of the molecule is CC/C=C/C/C=C/C/C=C/C/C=C/CCCCCCCCCCCC(=O)OCC(COCCC(C(=O)[O-])[N+](C)(C)C)OC(=O)CCCCCCCCCCCCCCCC. The number of ether oxygens (including phenoxy) is 3. The minimum atomic E-state index is -1.12. The summed E-state index contributed by atoms with van der Waals surface area (Å²) in [4.78, 5) is 37.0. The van der Waals surface area contributed by atoms with E-state index in [9.17, 15) is 19.5 Å². The second-order valence-electron chi connectivity index (χ2n) is 17.7. The largest absolute Gasteiger partial charge is 0.544 e. The smallest absolute Gasteiger partial charge is 0.306 e. The number of likely N-dealkylation sites (N-methyl/N-ethyl adjacent to an activating group) is 1. The zero-order valence-electron chi connectivity index (χ0n) is 39.6. The molecule has 8 nitrogen and oxygen atoms in total. The molecule has 0 bridgehead atoms. The Kier molecular flexibility index (Phi) is 41.0. The maximum atomic E-state index is 12.7. The average molecular weight is 844 g/mol. The van der Waals surface area contributed by atoms with Crippen molar-refractivity contribution in [2.24, 2.45) is 0 Å². The van der Waals surface area contributed by atoms with Gasteiger partial charge in [0.25, 0.3) is 0 Å². The Balaban J connectivity index is 4.23. The number of carboxylic acids is 1. The van der Waals surface area contributed by atoms with Gasteiger partial charge in [0.15, 0.2) is 6.10 Å².